The summed E-state index contributed by atoms with van der Waals surface area (Å²) in [5.74, 6) is 0. The standard InChI is InChI=1S/C22H17NO/c1-2-9-17(10-3-1)22-18-11-5-7-13-20(18)23-19-12-6-4-8-16(19)14-15-21(23)24-22/h1-15,21-22H. The fourth-order valence-electron chi connectivity index (χ4n) is 3.66. The van der Waals surface area contributed by atoms with Crippen LogP contribution in [0.5, 0.6) is 0 Å². The monoisotopic (exact) mass is 311 g/mol. The summed E-state index contributed by atoms with van der Waals surface area (Å²) < 4.78 is 6.50. The lowest BCUT2D eigenvalue weighted by molar-refractivity contribution is 0.0302. The first-order valence-corrected chi connectivity index (χ1v) is 8.27. The van der Waals surface area contributed by atoms with Gasteiger partial charge in [-0.25, -0.2) is 0 Å². The molecule has 3 aromatic rings. The number of ether oxygens (including phenoxy) is 1. The summed E-state index contributed by atoms with van der Waals surface area (Å²) in [6, 6.07) is 27.5. The Morgan fingerprint density at radius 1 is 0.708 bits per heavy atom. The van der Waals surface area contributed by atoms with E-state index in [9.17, 15) is 0 Å². The molecule has 0 amide bonds. The van der Waals surface area contributed by atoms with Crippen LogP contribution in [0.15, 0.2) is 84.9 Å². The maximum atomic E-state index is 6.50. The maximum absolute atomic E-state index is 6.50. The van der Waals surface area contributed by atoms with Crippen LogP contribution in [-0.4, -0.2) is 6.23 Å². The van der Waals surface area contributed by atoms with Gasteiger partial charge in [0.25, 0.3) is 0 Å². The number of hydrogen-bond acceptors (Lipinski definition) is 2. The average molecular weight is 311 g/mol. The van der Waals surface area contributed by atoms with Gasteiger partial charge in [0, 0.05) is 5.56 Å². The summed E-state index contributed by atoms with van der Waals surface area (Å²) in [4.78, 5) is 2.30. The second kappa shape index (κ2) is 5.36. The summed E-state index contributed by atoms with van der Waals surface area (Å²) in [5, 5.41) is 0. The lowest BCUT2D eigenvalue weighted by Gasteiger charge is -2.43. The van der Waals surface area contributed by atoms with Crippen molar-refractivity contribution in [3.8, 4) is 0 Å². The van der Waals surface area contributed by atoms with E-state index in [4.69, 9.17) is 4.74 Å². The lowest BCUT2D eigenvalue weighted by atomic mass is 9.95. The molecular formula is C22H17NO. The minimum atomic E-state index is -0.0833. The van der Waals surface area contributed by atoms with Gasteiger partial charge in [-0.2, -0.15) is 0 Å². The molecule has 24 heavy (non-hydrogen) atoms. The van der Waals surface area contributed by atoms with Crippen LogP contribution in [-0.2, 0) is 4.74 Å². The van der Waals surface area contributed by atoms with Gasteiger partial charge in [0.05, 0.1) is 11.4 Å². The molecule has 2 aliphatic heterocycles. The minimum Gasteiger partial charge on any atom is -0.342 e. The first-order chi connectivity index (χ1) is 11.9. The molecule has 0 spiro atoms. The van der Waals surface area contributed by atoms with E-state index < -0.39 is 0 Å². The second-order valence-corrected chi connectivity index (χ2v) is 6.16. The van der Waals surface area contributed by atoms with Gasteiger partial charge < -0.3 is 9.64 Å². The van der Waals surface area contributed by atoms with Crippen molar-refractivity contribution in [2.24, 2.45) is 0 Å². The summed E-state index contributed by atoms with van der Waals surface area (Å²) in [6.45, 7) is 0. The van der Waals surface area contributed by atoms with Gasteiger partial charge in [0.1, 0.15) is 6.10 Å². The zero-order valence-electron chi connectivity index (χ0n) is 13.2. The number of hydrogen-bond donors (Lipinski definition) is 0. The van der Waals surface area contributed by atoms with Crippen molar-refractivity contribution in [2.45, 2.75) is 12.3 Å². The maximum Gasteiger partial charge on any atom is 0.155 e. The predicted molar refractivity (Wildman–Crippen MR) is 97.2 cm³/mol. The van der Waals surface area contributed by atoms with Crippen LogP contribution in [0.4, 0.5) is 11.4 Å². The van der Waals surface area contributed by atoms with Crippen LogP contribution < -0.4 is 4.90 Å². The Bertz CT molecular complexity index is 916. The van der Waals surface area contributed by atoms with Gasteiger partial charge in [0.15, 0.2) is 6.23 Å². The number of benzene rings is 3. The van der Waals surface area contributed by atoms with Gasteiger partial charge in [0.2, 0.25) is 0 Å². The van der Waals surface area contributed by atoms with Crippen LogP contribution in [0.1, 0.15) is 22.8 Å². The molecule has 2 heteroatoms. The third-order valence-electron chi connectivity index (χ3n) is 4.75. The van der Waals surface area contributed by atoms with Gasteiger partial charge in [-0.15, -0.1) is 0 Å². The molecule has 0 bridgehead atoms. The zero-order chi connectivity index (χ0) is 15.9. The average Bonchev–Trinajstić information content (AvgIpc) is 2.67. The van der Waals surface area contributed by atoms with Gasteiger partial charge >= 0.3 is 0 Å². The van der Waals surface area contributed by atoms with Crippen molar-refractivity contribution >= 4 is 17.5 Å². The Labute approximate surface area is 141 Å². The second-order valence-electron chi connectivity index (χ2n) is 6.16. The van der Waals surface area contributed by atoms with Crippen LogP contribution in [0.2, 0.25) is 0 Å². The molecule has 2 heterocycles. The number of para-hydroxylation sites is 2. The highest BCUT2D eigenvalue weighted by atomic mass is 16.5. The van der Waals surface area contributed by atoms with Crippen molar-refractivity contribution < 1.29 is 4.74 Å². The SMILES string of the molecule is C1=CC2OC(c3ccccc3)c3ccccc3N2c2ccccc21. The third kappa shape index (κ3) is 2.00. The zero-order valence-corrected chi connectivity index (χ0v) is 13.2. The molecule has 2 unspecified atom stereocenters. The molecule has 3 aromatic carbocycles. The quantitative estimate of drug-likeness (QED) is 0.605. The van der Waals surface area contributed by atoms with Crippen LogP contribution in [0.3, 0.4) is 0 Å². The molecule has 2 atom stereocenters. The van der Waals surface area contributed by atoms with Crippen LogP contribution in [0, 0.1) is 0 Å². The fourth-order valence-corrected chi connectivity index (χ4v) is 3.66. The number of rotatable bonds is 1. The van der Waals surface area contributed by atoms with Gasteiger partial charge in [-0.05, 0) is 29.3 Å². The van der Waals surface area contributed by atoms with E-state index in [-0.39, 0.29) is 12.3 Å². The summed E-state index contributed by atoms with van der Waals surface area (Å²) in [7, 11) is 0. The van der Waals surface area contributed by atoms with Gasteiger partial charge in [-0.3, -0.25) is 0 Å². The Kier molecular flexibility index (Phi) is 3.03. The number of anilines is 2. The molecule has 0 saturated heterocycles. The van der Waals surface area contributed by atoms with E-state index >= 15 is 0 Å². The van der Waals surface area contributed by atoms with Crippen LogP contribution in [0.25, 0.3) is 6.08 Å². The summed E-state index contributed by atoms with van der Waals surface area (Å²) in [6.07, 6.45) is 4.18. The third-order valence-corrected chi connectivity index (χ3v) is 4.75. The van der Waals surface area contributed by atoms with E-state index in [1.165, 1.54) is 28.1 Å². The van der Waals surface area contributed by atoms with E-state index in [0.717, 1.165) is 0 Å². The van der Waals surface area contributed by atoms with Crippen molar-refractivity contribution in [2.75, 3.05) is 4.90 Å². The van der Waals surface area contributed by atoms with Crippen molar-refractivity contribution in [3.63, 3.8) is 0 Å². The number of nitrogens with zero attached hydrogens (tertiary/aromatic N) is 1. The minimum absolute atomic E-state index is 0.0430. The molecule has 0 aromatic heterocycles. The topological polar surface area (TPSA) is 12.5 Å². The Morgan fingerprint density at radius 3 is 2.29 bits per heavy atom. The highest BCUT2D eigenvalue weighted by molar-refractivity contribution is 5.80. The normalized spacial score (nSPS) is 20.9. The van der Waals surface area contributed by atoms with Crippen molar-refractivity contribution in [1.82, 2.24) is 0 Å². The largest absolute Gasteiger partial charge is 0.342 e. The fraction of sp³-hybridized carbons (Fsp3) is 0.0909. The smallest absolute Gasteiger partial charge is 0.155 e. The number of fused-ring (bicyclic) bond motifs is 5. The first kappa shape index (κ1) is 13.6. The Balaban J connectivity index is 1.70. The molecule has 0 radical (unpaired) electrons. The Hall–Kier alpha value is -2.84. The van der Waals surface area contributed by atoms with Crippen LogP contribution >= 0.6 is 0 Å². The molecule has 0 N–H and O–H groups in total. The van der Waals surface area contributed by atoms with E-state index in [1.54, 1.807) is 0 Å². The molecule has 2 aliphatic rings. The Morgan fingerprint density at radius 2 is 1.42 bits per heavy atom. The molecule has 0 fully saturated rings. The van der Waals surface area contributed by atoms with Crippen molar-refractivity contribution in [3.05, 3.63) is 102 Å². The predicted octanol–water partition coefficient (Wildman–Crippen LogP) is 5.30. The van der Waals surface area contributed by atoms with Crippen molar-refractivity contribution in [1.29, 1.82) is 0 Å². The molecule has 5 rings (SSSR count). The van der Waals surface area contributed by atoms with E-state index in [1.807, 2.05) is 6.07 Å². The highest BCUT2D eigenvalue weighted by Crippen LogP contribution is 2.46. The highest BCUT2D eigenvalue weighted by Gasteiger charge is 2.35. The van der Waals surface area contributed by atoms with E-state index in [0.29, 0.717) is 0 Å². The first-order valence-electron chi connectivity index (χ1n) is 8.27. The molecule has 0 aliphatic carbocycles. The molecule has 0 saturated carbocycles. The molecule has 2 nitrogen and oxygen atoms in total. The van der Waals surface area contributed by atoms with Gasteiger partial charge in [-0.1, -0.05) is 72.8 Å². The summed E-state index contributed by atoms with van der Waals surface area (Å²) in [5.41, 5.74) is 6.05. The molecule has 116 valence electrons. The lowest BCUT2D eigenvalue weighted by Crippen LogP contribution is -2.40. The summed E-state index contributed by atoms with van der Waals surface area (Å²) >= 11 is 0. The molecular weight excluding hydrogens is 294 g/mol. The van der Waals surface area contributed by atoms with E-state index in [2.05, 4.69) is 89.8 Å².